The van der Waals surface area contributed by atoms with Crippen LogP contribution < -0.4 is 5.32 Å². The van der Waals surface area contributed by atoms with Gasteiger partial charge in [-0.25, -0.2) is 8.78 Å². The number of hydrogen-bond acceptors (Lipinski definition) is 2. The van der Waals surface area contributed by atoms with Gasteiger partial charge in [-0.3, -0.25) is 0 Å². The zero-order valence-corrected chi connectivity index (χ0v) is 9.02. The van der Waals surface area contributed by atoms with Gasteiger partial charge < -0.3 is 10.1 Å². The molecule has 1 fully saturated rings. The number of ether oxygens (including phenoxy) is 1. The highest BCUT2D eigenvalue weighted by Gasteiger charge is 2.43. The van der Waals surface area contributed by atoms with Crippen LogP contribution in [0.4, 0.5) is 8.78 Å². The first-order valence-corrected chi connectivity index (χ1v) is 5.10. The average molecular weight is 207 g/mol. The summed E-state index contributed by atoms with van der Waals surface area (Å²) in [6.07, 6.45) is -1.58. The van der Waals surface area contributed by atoms with Crippen molar-refractivity contribution in [2.75, 3.05) is 13.7 Å². The van der Waals surface area contributed by atoms with Crippen molar-refractivity contribution in [3.8, 4) is 0 Å². The Kier molecular flexibility index (Phi) is 3.84. The monoisotopic (exact) mass is 207 g/mol. The first kappa shape index (κ1) is 11.9. The molecule has 0 spiro atoms. The van der Waals surface area contributed by atoms with Gasteiger partial charge in [0.15, 0.2) is 0 Å². The van der Waals surface area contributed by atoms with Gasteiger partial charge in [-0.1, -0.05) is 13.8 Å². The van der Waals surface area contributed by atoms with Crippen LogP contribution in [0.3, 0.4) is 0 Å². The van der Waals surface area contributed by atoms with Crippen molar-refractivity contribution in [2.24, 2.45) is 5.92 Å². The molecule has 1 N–H and O–H groups in total. The van der Waals surface area contributed by atoms with E-state index in [-0.39, 0.29) is 6.10 Å². The molecule has 84 valence electrons. The summed E-state index contributed by atoms with van der Waals surface area (Å²) in [5.41, 5.74) is -1.03. The van der Waals surface area contributed by atoms with Crippen molar-refractivity contribution in [1.82, 2.24) is 5.32 Å². The molecule has 0 amide bonds. The lowest BCUT2D eigenvalue weighted by molar-refractivity contribution is -0.0951. The van der Waals surface area contributed by atoms with E-state index in [2.05, 4.69) is 5.32 Å². The number of nitrogens with one attached hydrogen (secondary N) is 1. The van der Waals surface area contributed by atoms with Gasteiger partial charge in [-0.05, 0) is 25.8 Å². The normalized spacial score (nSPS) is 34.1. The lowest BCUT2D eigenvalue weighted by atomic mass is 9.83. The summed E-state index contributed by atoms with van der Waals surface area (Å²) >= 11 is 0. The topological polar surface area (TPSA) is 21.3 Å². The number of hydrogen-bond donors (Lipinski definition) is 1. The van der Waals surface area contributed by atoms with Crippen molar-refractivity contribution in [3.63, 3.8) is 0 Å². The molecule has 0 aromatic heterocycles. The molecular weight excluding hydrogens is 188 g/mol. The zero-order valence-electron chi connectivity index (χ0n) is 9.02. The molecule has 0 aliphatic carbocycles. The van der Waals surface area contributed by atoms with Gasteiger partial charge in [0.1, 0.15) is 0 Å². The highest BCUT2D eigenvalue weighted by Crippen LogP contribution is 2.32. The summed E-state index contributed by atoms with van der Waals surface area (Å²) in [4.78, 5) is 0. The summed E-state index contributed by atoms with van der Waals surface area (Å²) < 4.78 is 31.3. The molecule has 0 aromatic rings. The van der Waals surface area contributed by atoms with Gasteiger partial charge in [-0.2, -0.15) is 0 Å². The second-order valence-electron chi connectivity index (χ2n) is 4.31. The van der Waals surface area contributed by atoms with E-state index in [9.17, 15) is 8.78 Å². The molecule has 14 heavy (non-hydrogen) atoms. The lowest BCUT2D eigenvalue weighted by Gasteiger charge is -2.41. The molecule has 1 aliphatic heterocycles. The van der Waals surface area contributed by atoms with Crippen LogP contribution in [-0.2, 0) is 4.74 Å². The van der Waals surface area contributed by atoms with Crippen LogP contribution in [-0.4, -0.2) is 31.7 Å². The second kappa shape index (κ2) is 4.53. The molecule has 4 heteroatoms. The Morgan fingerprint density at radius 3 is 2.50 bits per heavy atom. The van der Waals surface area contributed by atoms with E-state index in [0.29, 0.717) is 25.4 Å². The third-order valence-corrected chi connectivity index (χ3v) is 3.10. The number of alkyl halides is 2. The fraction of sp³-hybridized carbons (Fsp3) is 1.00. The Bertz CT molecular complexity index is 187. The highest BCUT2D eigenvalue weighted by molar-refractivity contribution is 4.95. The molecule has 1 saturated heterocycles. The van der Waals surface area contributed by atoms with Crippen LogP contribution >= 0.6 is 0 Å². The molecule has 0 aromatic carbocycles. The SMILES string of the molecule is CNC1(C(F)F)CCOC(C(C)C)C1. The molecular formula is C10H19F2NO. The summed E-state index contributed by atoms with van der Waals surface area (Å²) in [5, 5.41) is 2.77. The van der Waals surface area contributed by atoms with E-state index in [1.807, 2.05) is 13.8 Å². The molecule has 1 aliphatic rings. The Morgan fingerprint density at radius 1 is 1.43 bits per heavy atom. The molecule has 0 saturated carbocycles. The van der Waals surface area contributed by atoms with Crippen LogP contribution in [0, 0.1) is 5.92 Å². The Balaban J connectivity index is 2.69. The number of halogens is 2. The summed E-state index contributed by atoms with van der Waals surface area (Å²) in [6, 6.07) is 0. The molecule has 0 bridgehead atoms. The maximum atomic E-state index is 12.9. The molecule has 1 rings (SSSR count). The lowest BCUT2D eigenvalue weighted by Crippen LogP contribution is -2.56. The highest BCUT2D eigenvalue weighted by atomic mass is 19.3. The van der Waals surface area contributed by atoms with E-state index >= 15 is 0 Å². The Labute approximate surface area is 84.0 Å². The van der Waals surface area contributed by atoms with Crippen LogP contribution in [0.25, 0.3) is 0 Å². The fourth-order valence-corrected chi connectivity index (χ4v) is 1.87. The second-order valence-corrected chi connectivity index (χ2v) is 4.31. The van der Waals surface area contributed by atoms with Gasteiger partial charge in [0.2, 0.25) is 0 Å². The predicted molar refractivity (Wildman–Crippen MR) is 51.6 cm³/mol. The molecule has 0 radical (unpaired) electrons. The standard InChI is InChI=1S/C10H19F2NO/c1-7(2)8-6-10(13-3,9(11)12)4-5-14-8/h7-9,13H,4-6H2,1-3H3. The van der Waals surface area contributed by atoms with Crippen LogP contribution in [0.5, 0.6) is 0 Å². The van der Waals surface area contributed by atoms with Crippen LogP contribution in [0.2, 0.25) is 0 Å². The van der Waals surface area contributed by atoms with Crippen molar-refractivity contribution >= 4 is 0 Å². The molecule has 2 atom stereocenters. The van der Waals surface area contributed by atoms with Crippen LogP contribution in [0.15, 0.2) is 0 Å². The first-order chi connectivity index (χ1) is 6.52. The minimum Gasteiger partial charge on any atom is -0.378 e. The third-order valence-electron chi connectivity index (χ3n) is 3.10. The molecule has 1 heterocycles. The number of rotatable bonds is 3. The van der Waals surface area contributed by atoms with Crippen molar-refractivity contribution in [1.29, 1.82) is 0 Å². The minimum absolute atomic E-state index is 0.0507. The van der Waals surface area contributed by atoms with E-state index in [4.69, 9.17) is 4.74 Å². The summed E-state index contributed by atoms with van der Waals surface area (Å²) in [5.74, 6) is 0.293. The Hall–Kier alpha value is -0.220. The van der Waals surface area contributed by atoms with Crippen molar-refractivity contribution in [2.45, 2.75) is 44.8 Å². The van der Waals surface area contributed by atoms with E-state index < -0.39 is 12.0 Å². The van der Waals surface area contributed by atoms with Crippen molar-refractivity contribution in [3.05, 3.63) is 0 Å². The van der Waals surface area contributed by atoms with E-state index in [1.165, 1.54) is 0 Å². The zero-order chi connectivity index (χ0) is 10.8. The van der Waals surface area contributed by atoms with Gasteiger partial charge >= 0.3 is 0 Å². The third kappa shape index (κ3) is 2.23. The van der Waals surface area contributed by atoms with Crippen molar-refractivity contribution < 1.29 is 13.5 Å². The maximum absolute atomic E-state index is 12.9. The molecule has 2 nitrogen and oxygen atoms in total. The summed E-state index contributed by atoms with van der Waals surface area (Å²) in [6.45, 7) is 4.43. The van der Waals surface area contributed by atoms with Gasteiger partial charge in [0.05, 0.1) is 11.6 Å². The Morgan fingerprint density at radius 2 is 2.07 bits per heavy atom. The smallest absolute Gasteiger partial charge is 0.256 e. The minimum atomic E-state index is -2.32. The van der Waals surface area contributed by atoms with Gasteiger partial charge in [0.25, 0.3) is 6.43 Å². The van der Waals surface area contributed by atoms with Crippen LogP contribution in [0.1, 0.15) is 26.7 Å². The van der Waals surface area contributed by atoms with E-state index in [1.54, 1.807) is 7.05 Å². The van der Waals surface area contributed by atoms with E-state index in [0.717, 1.165) is 0 Å². The average Bonchev–Trinajstić information content (AvgIpc) is 2.17. The predicted octanol–water partition coefficient (Wildman–Crippen LogP) is 2.04. The first-order valence-electron chi connectivity index (χ1n) is 5.10. The largest absolute Gasteiger partial charge is 0.378 e. The quantitative estimate of drug-likeness (QED) is 0.764. The van der Waals surface area contributed by atoms with Gasteiger partial charge in [0, 0.05) is 6.61 Å². The van der Waals surface area contributed by atoms with Gasteiger partial charge in [-0.15, -0.1) is 0 Å². The fourth-order valence-electron chi connectivity index (χ4n) is 1.87. The maximum Gasteiger partial charge on any atom is 0.256 e. The molecule has 2 unspecified atom stereocenters. The summed E-state index contributed by atoms with van der Waals surface area (Å²) in [7, 11) is 1.61.